The van der Waals surface area contributed by atoms with E-state index >= 15 is 0 Å². The fraction of sp³-hybridized carbons (Fsp3) is 0.533. The first-order valence-corrected chi connectivity index (χ1v) is 8.36. The molecule has 0 aromatic heterocycles. The molecule has 5 nitrogen and oxygen atoms in total. The van der Waals surface area contributed by atoms with E-state index in [1.54, 1.807) is 14.2 Å². The number of methoxy groups -OCH3 is 2. The summed E-state index contributed by atoms with van der Waals surface area (Å²) in [6.07, 6.45) is 2.09. The maximum Gasteiger partial charge on any atom is 0.191 e. The fourth-order valence-corrected chi connectivity index (χ4v) is 2.07. The second-order valence-electron chi connectivity index (χ2n) is 4.30. The van der Waals surface area contributed by atoms with Crippen LogP contribution in [0.4, 0.5) is 0 Å². The van der Waals surface area contributed by atoms with Crippen LogP contribution in [0.25, 0.3) is 0 Å². The molecular weight excluding hydrogens is 413 g/mol. The largest absolute Gasteiger partial charge is 0.493 e. The molecule has 0 amide bonds. The summed E-state index contributed by atoms with van der Waals surface area (Å²) in [5, 5.41) is 6.54. The van der Waals surface area contributed by atoms with Gasteiger partial charge in [-0.05, 0) is 30.9 Å². The van der Waals surface area contributed by atoms with Gasteiger partial charge < -0.3 is 20.1 Å². The molecule has 0 saturated carbocycles. The van der Waals surface area contributed by atoms with Crippen LogP contribution in [0.15, 0.2) is 23.2 Å². The Morgan fingerprint density at radius 1 is 1.18 bits per heavy atom. The molecule has 1 aromatic rings. The number of benzene rings is 1. The van der Waals surface area contributed by atoms with Gasteiger partial charge in [-0.2, -0.15) is 11.8 Å². The zero-order valence-corrected chi connectivity index (χ0v) is 16.8. The van der Waals surface area contributed by atoms with E-state index in [-0.39, 0.29) is 24.0 Å². The minimum absolute atomic E-state index is 0. The molecule has 0 heterocycles. The Labute approximate surface area is 154 Å². The van der Waals surface area contributed by atoms with Gasteiger partial charge in [0.1, 0.15) is 0 Å². The third-order valence-corrected chi connectivity index (χ3v) is 3.42. The Balaban J connectivity index is 0.00000441. The van der Waals surface area contributed by atoms with E-state index in [9.17, 15) is 0 Å². The Morgan fingerprint density at radius 3 is 2.50 bits per heavy atom. The topological polar surface area (TPSA) is 54.9 Å². The smallest absolute Gasteiger partial charge is 0.191 e. The first-order chi connectivity index (χ1) is 10.2. The number of aliphatic imine (C=N–C) groups is 1. The second kappa shape index (κ2) is 12.7. The van der Waals surface area contributed by atoms with E-state index in [2.05, 4.69) is 28.8 Å². The van der Waals surface area contributed by atoms with Crippen molar-refractivity contribution in [3.05, 3.63) is 23.8 Å². The van der Waals surface area contributed by atoms with Crippen LogP contribution in [0.2, 0.25) is 0 Å². The van der Waals surface area contributed by atoms with E-state index in [0.29, 0.717) is 6.54 Å². The number of halogens is 1. The molecule has 126 valence electrons. The van der Waals surface area contributed by atoms with Crippen molar-refractivity contribution in [2.24, 2.45) is 4.99 Å². The summed E-state index contributed by atoms with van der Waals surface area (Å²) in [6, 6.07) is 5.85. The number of hydrogen-bond donors (Lipinski definition) is 2. The average Bonchev–Trinajstić information content (AvgIpc) is 2.52. The summed E-state index contributed by atoms with van der Waals surface area (Å²) < 4.78 is 10.5. The van der Waals surface area contributed by atoms with Crippen molar-refractivity contribution < 1.29 is 9.47 Å². The summed E-state index contributed by atoms with van der Waals surface area (Å²) in [4.78, 5) is 4.58. The van der Waals surface area contributed by atoms with Crippen molar-refractivity contribution in [2.75, 3.05) is 39.3 Å². The van der Waals surface area contributed by atoms with Gasteiger partial charge in [0, 0.05) is 18.8 Å². The molecule has 2 N–H and O–H groups in total. The SMILES string of the molecule is CCNC(=NCc1ccc(OC)c(OC)c1)NCCSC.I. The summed E-state index contributed by atoms with van der Waals surface area (Å²) in [5.74, 6) is 3.35. The second-order valence-corrected chi connectivity index (χ2v) is 5.29. The van der Waals surface area contributed by atoms with Crippen LogP contribution in [0, 0.1) is 0 Å². The van der Waals surface area contributed by atoms with Crippen molar-refractivity contribution in [2.45, 2.75) is 13.5 Å². The van der Waals surface area contributed by atoms with Crippen LogP contribution in [-0.4, -0.2) is 45.3 Å². The van der Waals surface area contributed by atoms with Crippen LogP contribution in [0.5, 0.6) is 11.5 Å². The van der Waals surface area contributed by atoms with Crippen LogP contribution in [0.3, 0.4) is 0 Å². The predicted molar refractivity (Wildman–Crippen MR) is 106 cm³/mol. The molecule has 0 aliphatic rings. The van der Waals surface area contributed by atoms with Gasteiger partial charge in [-0.15, -0.1) is 24.0 Å². The molecule has 0 radical (unpaired) electrons. The molecular formula is C15H26IN3O2S. The highest BCUT2D eigenvalue weighted by molar-refractivity contribution is 14.0. The Kier molecular flexibility index (Phi) is 12.2. The van der Waals surface area contributed by atoms with Crippen molar-refractivity contribution in [3.63, 3.8) is 0 Å². The van der Waals surface area contributed by atoms with Crippen LogP contribution < -0.4 is 20.1 Å². The van der Waals surface area contributed by atoms with Gasteiger partial charge in [0.2, 0.25) is 0 Å². The van der Waals surface area contributed by atoms with Gasteiger partial charge >= 0.3 is 0 Å². The first kappa shape index (κ1) is 21.2. The maximum absolute atomic E-state index is 5.30. The van der Waals surface area contributed by atoms with Gasteiger partial charge in [0.25, 0.3) is 0 Å². The summed E-state index contributed by atoms with van der Waals surface area (Å²) in [5.41, 5.74) is 1.08. The Hall–Kier alpha value is -0.830. The molecule has 0 bridgehead atoms. The van der Waals surface area contributed by atoms with Gasteiger partial charge in [0.05, 0.1) is 20.8 Å². The van der Waals surface area contributed by atoms with Crippen molar-refractivity contribution in [1.29, 1.82) is 0 Å². The quantitative estimate of drug-likeness (QED) is 0.283. The minimum Gasteiger partial charge on any atom is -0.493 e. The van der Waals surface area contributed by atoms with Crippen LogP contribution >= 0.6 is 35.7 Å². The lowest BCUT2D eigenvalue weighted by atomic mass is 10.2. The van der Waals surface area contributed by atoms with Gasteiger partial charge in [-0.25, -0.2) is 4.99 Å². The zero-order chi connectivity index (χ0) is 15.5. The Morgan fingerprint density at radius 2 is 1.91 bits per heavy atom. The molecule has 1 rings (SSSR count). The fourth-order valence-electron chi connectivity index (χ4n) is 1.76. The number of hydrogen-bond acceptors (Lipinski definition) is 4. The number of thioether (sulfide) groups is 1. The molecule has 0 spiro atoms. The zero-order valence-electron chi connectivity index (χ0n) is 13.6. The van der Waals surface area contributed by atoms with E-state index in [0.717, 1.165) is 41.9 Å². The minimum atomic E-state index is 0. The van der Waals surface area contributed by atoms with E-state index < -0.39 is 0 Å². The van der Waals surface area contributed by atoms with E-state index in [1.165, 1.54) is 0 Å². The highest BCUT2D eigenvalue weighted by atomic mass is 127. The summed E-state index contributed by atoms with van der Waals surface area (Å²) >= 11 is 1.81. The number of rotatable bonds is 8. The molecule has 0 aliphatic heterocycles. The first-order valence-electron chi connectivity index (χ1n) is 6.97. The number of guanidine groups is 1. The van der Waals surface area contributed by atoms with E-state index in [4.69, 9.17) is 9.47 Å². The Bertz CT molecular complexity index is 458. The average molecular weight is 439 g/mol. The van der Waals surface area contributed by atoms with E-state index in [1.807, 2.05) is 30.0 Å². The predicted octanol–water partition coefficient (Wildman–Crippen LogP) is 2.74. The molecule has 0 atom stereocenters. The monoisotopic (exact) mass is 439 g/mol. The number of ether oxygens (including phenoxy) is 2. The van der Waals surface area contributed by atoms with Gasteiger partial charge in [-0.1, -0.05) is 6.07 Å². The summed E-state index contributed by atoms with van der Waals surface area (Å²) in [7, 11) is 3.27. The van der Waals surface area contributed by atoms with Crippen molar-refractivity contribution in [3.8, 4) is 11.5 Å². The molecule has 22 heavy (non-hydrogen) atoms. The molecule has 0 unspecified atom stereocenters. The lowest BCUT2D eigenvalue weighted by Crippen LogP contribution is -2.38. The molecule has 7 heteroatoms. The lowest BCUT2D eigenvalue weighted by Gasteiger charge is -2.11. The van der Waals surface area contributed by atoms with Crippen molar-refractivity contribution in [1.82, 2.24) is 10.6 Å². The highest BCUT2D eigenvalue weighted by Gasteiger charge is 2.04. The number of nitrogens with one attached hydrogen (secondary N) is 2. The molecule has 0 saturated heterocycles. The van der Waals surface area contributed by atoms with Crippen molar-refractivity contribution >= 4 is 41.7 Å². The highest BCUT2D eigenvalue weighted by Crippen LogP contribution is 2.27. The lowest BCUT2D eigenvalue weighted by molar-refractivity contribution is 0.354. The van der Waals surface area contributed by atoms with Gasteiger partial charge in [-0.3, -0.25) is 0 Å². The normalized spacial score (nSPS) is 10.6. The third kappa shape index (κ3) is 7.44. The van der Waals surface area contributed by atoms with Crippen LogP contribution in [-0.2, 0) is 6.54 Å². The molecule has 0 aliphatic carbocycles. The van der Waals surface area contributed by atoms with Crippen LogP contribution in [0.1, 0.15) is 12.5 Å². The standard InChI is InChI=1S/C15H25N3O2S.HI/c1-5-16-15(17-8-9-21-4)18-11-12-6-7-13(19-2)14(10-12)20-3;/h6-7,10H,5,8-9,11H2,1-4H3,(H2,16,17,18);1H. The third-order valence-electron chi connectivity index (χ3n) is 2.81. The number of nitrogens with zero attached hydrogens (tertiary/aromatic N) is 1. The molecule has 0 fully saturated rings. The maximum atomic E-state index is 5.30. The summed E-state index contributed by atoms with van der Waals surface area (Å²) in [6.45, 7) is 4.40. The molecule has 1 aromatic carbocycles. The van der Waals surface area contributed by atoms with Gasteiger partial charge in [0.15, 0.2) is 17.5 Å².